The quantitative estimate of drug-likeness (QED) is 0.188. The van der Waals surface area contributed by atoms with Crippen LogP contribution in [0.1, 0.15) is 13.3 Å². The van der Waals surface area contributed by atoms with Crippen LogP contribution in [0.25, 0.3) is 22.1 Å². The van der Waals surface area contributed by atoms with Gasteiger partial charge in [0.2, 0.25) is 5.72 Å². The maximum Gasteiger partial charge on any atom is 0.278 e. The first-order chi connectivity index (χ1) is 17.1. The topological polar surface area (TPSA) is 174 Å². The molecule has 0 aliphatic carbocycles. The molecule has 1 aromatic heterocycles. The number of hydrogen-bond acceptors (Lipinski definition) is 10. The summed E-state index contributed by atoms with van der Waals surface area (Å²) in [5.74, 6) is -2.48. The number of nitrogens with zero attached hydrogens (tertiary/aromatic N) is 2. The molecular weight excluding hydrogens is 488 g/mol. The molecule has 190 valence electrons. The van der Waals surface area contributed by atoms with Crippen LogP contribution in [0, 0.1) is 5.92 Å². The molecule has 11 nitrogen and oxygen atoms in total. The Morgan fingerprint density at radius 3 is 2.47 bits per heavy atom. The molecule has 6 rings (SSSR count). The molecule has 4 heterocycles. The SMILES string of the molecule is C[C@@](O)(CO)[C@H](O)[C@@]12NC(=O)[C@@](O)(NC1=O)C(CSc1ccc3nc4ccccc4nc3c1)CCO2. The summed E-state index contributed by atoms with van der Waals surface area (Å²) < 4.78 is 5.61. The maximum absolute atomic E-state index is 13.0. The van der Waals surface area contributed by atoms with Crippen molar-refractivity contribution in [3.8, 4) is 0 Å². The number of aromatic nitrogens is 2. The zero-order valence-electron chi connectivity index (χ0n) is 19.3. The van der Waals surface area contributed by atoms with E-state index in [9.17, 15) is 30.0 Å². The highest BCUT2D eigenvalue weighted by atomic mass is 32.2. The van der Waals surface area contributed by atoms with Crippen molar-refractivity contribution in [3.63, 3.8) is 0 Å². The standard InChI is InChI=1S/C24H26N4O7S/c1-22(33,12-29)19(30)24-21(32)27-23(34,20(31)28-24)13(8-9-35-24)11-36-14-6-7-17-18(10-14)26-16-5-3-2-4-15(16)25-17/h2-7,10,13,19,29-30,33-34H,8-9,11-12H2,1H3,(H,27,32)(H,28,31)/t13?,19-,22+,23+,24-/m0/s1. The fraction of sp³-hybridized carbons (Fsp3) is 0.417. The van der Waals surface area contributed by atoms with Gasteiger partial charge in [0.25, 0.3) is 17.5 Å². The first kappa shape index (κ1) is 24.8. The summed E-state index contributed by atoms with van der Waals surface area (Å²) in [6, 6.07) is 13.2. The molecule has 0 saturated carbocycles. The fourth-order valence-corrected chi connectivity index (χ4v) is 5.65. The van der Waals surface area contributed by atoms with Crippen molar-refractivity contribution in [2.75, 3.05) is 19.0 Å². The normalized spacial score (nSPS) is 28.8. The smallest absolute Gasteiger partial charge is 0.278 e. The molecule has 36 heavy (non-hydrogen) atoms. The summed E-state index contributed by atoms with van der Waals surface area (Å²) in [4.78, 5) is 36.1. The summed E-state index contributed by atoms with van der Waals surface area (Å²) in [5, 5.41) is 46.1. The molecule has 0 spiro atoms. The van der Waals surface area contributed by atoms with Crippen LogP contribution in [0.3, 0.4) is 0 Å². The lowest BCUT2D eigenvalue weighted by Crippen LogP contribution is -2.83. The van der Waals surface area contributed by atoms with E-state index in [1.807, 2.05) is 42.5 Å². The predicted molar refractivity (Wildman–Crippen MR) is 130 cm³/mol. The largest absolute Gasteiger partial charge is 0.393 e. The van der Waals surface area contributed by atoms with Crippen LogP contribution < -0.4 is 10.6 Å². The van der Waals surface area contributed by atoms with Crippen molar-refractivity contribution >= 4 is 45.6 Å². The number of piperazine rings is 1. The molecule has 3 saturated heterocycles. The van der Waals surface area contributed by atoms with Gasteiger partial charge in [-0.05, 0) is 43.7 Å². The summed E-state index contributed by atoms with van der Waals surface area (Å²) in [6.45, 7) is 0.109. The van der Waals surface area contributed by atoms with E-state index >= 15 is 0 Å². The van der Waals surface area contributed by atoms with Gasteiger partial charge in [0.1, 0.15) is 11.7 Å². The molecule has 3 aliphatic heterocycles. The zero-order valence-corrected chi connectivity index (χ0v) is 20.2. The second-order valence-electron chi connectivity index (χ2n) is 9.34. The number of para-hydroxylation sites is 2. The Bertz CT molecular complexity index is 1350. The Morgan fingerprint density at radius 2 is 1.78 bits per heavy atom. The fourth-order valence-electron chi connectivity index (χ4n) is 4.49. The number of benzene rings is 2. The number of amides is 2. The van der Waals surface area contributed by atoms with Crippen LogP contribution in [0.15, 0.2) is 47.4 Å². The Balaban J connectivity index is 1.37. The number of carbonyl (C=O) groups is 2. The van der Waals surface area contributed by atoms with Gasteiger partial charge in [-0.3, -0.25) is 9.59 Å². The van der Waals surface area contributed by atoms with Gasteiger partial charge in [0.15, 0.2) is 0 Å². The first-order valence-electron chi connectivity index (χ1n) is 11.4. The van der Waals surface area contributed by atoms with E-state index < -0.39 is 47.5 Å². The van der Waals surface area contributed by atoms with E-state index in [0.717, 1.165) is 28.4 Å². The number of hydrogen-bond donors (Lipinski definition) is 6. The Labute approximate surface area is 209 Å². The second-order valence-corrected chi connectivity index (χ2v) is 10.4. The first-order valence-corrected chi connectivity index (χ1v) is 12.4. The maximum atomic E-state index is 13.0. The van der Waals surface area contributed by atoms with Gasteiger partial charge in [-0.1, -0.05) is 12.1 Å². The van der Waals surface area contributed by atoms with Crippen LogP contribution in [0.5, 0.6) is 0 Å². The Hall–Kier alpha value is -2.87. The molecule has 3 fully saturated rings. The van der Waals surface area contributed by atoms with Crippen LogP contribution in [-0.2, 0) is 14.3 Å². The monoisotopic (exact) mass is 514 g/mol. The van der Waals surface area contributed by atoms with Gasteiger partial charge in [0.05, 0.1) is 35.3 Å². The third kappa shape index (κ3) is 3.99. The minimum Gasteiger partial charge on any atom is -0.393 e. The number of nitrogens with one attached hydrogen (secondary N) is 2. The molecular formula is C24H26N4O7S. The van der Waals surface area contributed by atoms with Crippen LogP contribution >= 0.6 is 11.8 Å². The Morgan fingerprint density at radius 1 is 1.11 bits per heavy atom. The molecule has 2 amide bonds. The molecule has 6 N–H and O–H groups in total. The Kier molecular flexibility index (Phi) is 6.14. The predicted octanol–water partition coefficient (Wildman–Crippen LogP) is -0.353. The van der Waals surface area contributed by atoms with Gasteiger partial charge in [-0.25, -0.2) is 9.97 Å². The van der Waals surface area contributed by atoms with Crippen molar-refractivity contribution < 1.29 is 34.8 Å². The molecule has 2 aromatic carbocycles. The third-order valence-corrected chi connectivity index (χ3v) is 7.89. The molecule has 5 atom stereocenters. The van der Waals surface area contributed by atoms with Gasteiger partial charge in [0, 0.05) is 16.6 Å². The number of aliphatic hydroxyl groups is 4. The number of aliphatic hydroxyl groups excluding tert-OH is 2. The highest BCUT2D eigenvalue weighted by Crippen LogP contribution is 2.36. The van der Waals surface area contributed by atoms with Gasteiger partial charge in [-0.2, -0.15) is 0 Å². The van der Waals surface area contributed by atoms with Crippen molar-refractivity contribution in [2.45, 2.75) is 41.4 Å². The molecule has 3 aliphatic rings. The minimum absolute atomic E-state index is 0.102. The van der Waals surface area contributed by atoms with E-state index in [-0.39, 0.29) is 18.8 Å². The summed E-state index contributed by atoms with van der Waals surface area (Å²) >= 11 is 1.38. The summed E-state index contributed by atoms with van der Waals surface area (Å²) in [7, 11) is 0. The molecule has 0 radical (unpaired) electrons. The zero-order chi connectivity index (χ0) is 25.7. The number of ether oxygens (including phenoxy) is 1. The molecule has 12 heteroatoms. The van der Waals surface area contributed by atoms with Crippen molar-refractivity contribution in [1.82, 2.24) is 20.6 Å². The highest BCUT2D eigenvalue weighted by Gasteiger charge is 2.64. The van der Waals surface area contributed by atoms with Crippen molar-refractivity contribution in [1.29, 1.82) is 0 Å². The molecule has 2 bridgehead atoms. The van der Waals surface area contributed by atoms with E-state index in [4.69, 9.17) is 4.74 Å². The average molecular weight is 515 g/mol. The number of fused-ring (bicyclic) bond motifs is 7. The van der Waals surface area contributed by atoms with Gasteiger partial charge in [-0.15, -0.1) is 11.8 Å². The van der Waals surface area contributed by atoms with Crippen LogP contribution in [-0.4, -0.2) is 84.3 Å². The second kappa shape index (κ2) is 8.91. The molecule has 1 unspecified atom stereocenters. The lowest BCUT2D eigenvalue weighted by atomic mass is 9.83. The van der Waals surface area contributed by atoms with E-state index in [2.05, 4.69) is 20.6 Å². The van der Waals surface area contributed by atoms with Gasteiger partial charge >= 0.3 is 0 Å². The van der Waals surface area contributed by atoms with Crippen LogP contribution in [0.2, 0.25) is 0 Å². The average Bonchev–Trinajstić information content (AvgIpc) is 2.86. The minimum atomic E-state index is -2.35. The number of rotatable bonds is 6. The van der Waals surface area contributed by atoms with Crippen molar-refractivity contribution in [3.05, 3.63) is 42.5 Å². The lowest BCUT2D eigenvalue weighted by Gasteiger charge is -2.51. The van der Waals surface area contributed by atoms with Crippen molar-refractivity contribution in [2.24, 2.45) is 5.92 Å². The van der Waals surface area contributed by atoms with E-state index in [0.29, 0.717) is 5.52 Å². The summed E-state index contributed by atoms with van der Waals surface area (Å²) in [6.07, 6.45) is -1.82. The third-order valence-electron chi connectivity index (χ3n) is 6.73. The van der Waals surface area contributed by atoms with Gasteiger partial charge < -0.3 is 35.8 Å². The van der Waals surface area contributed by atoms with Crippen LogP contribution in [0.4, 0.5) is 0 Å². The van der Waals surface area contributed by atoms with E-state index in [1.54, 1.807) is 0 Å². The number of carbonyl (C=O) groups excluding carboxylic acids is 2. The highest BCUT2D eigenvalue weighted by molar-refractivity contribution is 7.99. The lowest BCUT2D eigenvalue weighted by molar-refractivity contribution is -0.240. The van der Waals surface area contributed by atoms with E-state index in [1.165, 1.54) is 11.8 Å². The molecule has 3 aromatic rings. The number of thioether (sulfide) groups is 1. The summed E-state index contributed by atoms with van der Waals surface area (Å²) in [5.41, 5.74) is -3.75.